The SMILES string of the molecule is CCC(=O)Nc1ccc(C(=O)Cn2c(-c3nonc3NCCC#N)nc3ccccc32)cn1. The minimum atomic E-state index is -0.198. The molecule has 1 aromatic carbocycles. The maximum atomic E-state index is 13.1. The molecule has 4 rings (SSSR count). The summed E-state index contributed by atoms with van der Waals surface area (Å²) < 4.78 is 6.63. The maximum absolute atomic E-state index is 13.1. The number of Topliss-reactive ketones (excluding diaryl/α,β-unsaturated/α-hetero) is 1. The van der Waals surface area contributed by atoms with Gasteiger partial charge in [0.1, 0.15) is 5.82 Å². The number of amides is 1. The number of carbonyl (C=O) groups excluding carboxylic acids is 2. The third-order valence-corrected chi connectivity index (χ3v) is 4.86. The van der Waals surface area contributed by atoms with Crippen molar-refractivity contribution in [3.05, 3.63) is 48.2 Å². The zero-order valence-corrected chi connectivity index (χ0v) is 17.8. The molecule has 0 unspecified atom stereocenters. The van der Waals surface area contributed by atoms with Gasteiger partial charge < -0.3 is 15.2 Å². The fraction of sp³-hybridized carbons (Fsp3) is 0.227. The van der Waals surface area contributed by atoms with E-state index < -0.39 is 0 Å². The Labute approximate surface area is 188 Å². The first-order valence-corrected chi connectivity index (χ1v) is 10.3. The van der Waals surface area contributed by atoms with Gasteiger partial charge in [-0.1, -0.05) is 19.1 Å². The zero-order chi connectivity index (χ0) is 23.2. The number of carbonyl (C=O) groups is 2. The van der Waals surface area contributed by atoms with Crippen LogP contribution in [0, 0.1) is 11.3 Å². The van der Waals surface area contributed by atoms with Crippen LogP contribution in [0.5, 0.6) is 0 Å². The molecule has 0 atom stereocenters. The van der Waals surface area contributed by atoms with Gasteiger partial charge in [-0.25, -0.2) is 14.6 Å². The van der Waals surface area contributed by atoms with Crippen LogP contribution in [0.3, 0.4) is 0 Å². The van der Waals surface area contributed by atoms with Gasteiger partial charge in [-0.05, 0) is 34.6 Å². The average molecular weight is 444 g/mol. The van der Waals surface area contributed by atoms with E-state index in [9.17, 15) is 9.59 Å². The molecule has 0 fully saturated rings. The van der Waals surface area contributed by atoms with Crippen molar-refractivity contribution in [1.82, 2.24) is 24.8 Å². The molecule has 11 heteroatoms. The van der Waals surface area contributed by atoms with Crippen molar-refractivity contribution < 1.29 is 14.2 Å². The number of benzene rings is 1. The molecule has 3 heterocycles. The van der Waals surface area contributed by atoms with E-state index in [1.807, 2.05) is 30.3 Å². The molecule has 11 nitrogen and oxygen atoms in total. The molecule has 0 radical (unpaired) electrons. The van der Waals surface area contributed by atoms with Crippen molar-refractivity contribution in [1.29, 1.82) is 5.26 Å². The lowest BCUT2D eigenvalue weighted by atomic mass is 10.2. The van der Waals surface area contributed by atoms with E-state index in [2.05, 4.69) is 30.9 Å². The molecule has 0 aliphatic heterocycles. The number of nitrogens with one attached hydrogen (secondary N) is 2. The van der Waals surface area contributed by atoms with E-state index >= 15 is 0 Å². The van der Waals surface area contributed by atoms with Gasteiger partial charge in [0, 0.05) is 24.7 Å². The first-order chi connectivity index (χ1) is 16.1. The van der Waals surface area contributed by atoms with Crippen LogP contribution < -0.4 is 10.6 Å². The molecule has 0 aliphatic carbocycles. The summed E-state index contributed by atoms with van der Waals surface area (Å²) in [6, 6.07) is 12.7. The molecule has 0 saturated carbocycles. The highest BCUT2D eigenvalue weighted by molar-refractivity contribution is 5.97. The smallest absolute Gasteiger partial charge is 0.225 e. The molecule has 0 aliphatic rings. The monoisotopic (exact) mass is 444 g/mol. The summed E-state index contributed by atoms with van der Waals surface area (Å²) in [5.41, 5.74) is 2.15. The van der Waals surface area contributed by atoms with Gasteiger partial charge in [-0.15, -0.1) is 0 Å². The van der Waals surface area contributed by atoms with Crippen molar-refractivity contribution in [3.8, 4) is 17.6 Å². The van der Waals surface area contributed by atoms with Crippen LogP contribution in [0.2, 0.25) is 0 Å². The largest absolute Gasteiger partial charge is 0.364 e. The number of nitriles is 1. The minimum absolute atomic E-state index is 0.0251. The number of ketones is 1. The van der Waals surface area contributed by atoms with Crippen LogP contribution in [-0.4, -0.2) is 43.1 Å². The van der Waals surface area contributed by atoms with Gasteiger partial charge >= 0.3 is 0 Å². The second-order valence-electron chi connectivity index (χ2n) is 7.06. The zero-order valence-electron chi connectivity index (χ0n) is 17.8. The van der Waals surface area contributed by atoms with Crippen molar-refractivity contribution >= 4 is 34.4 Å². The Morgan fingerprint density at radius 3 is 2.79 bits per heavy atom. The number of rotatable bonds is 9. The lowest BCUT2D eigenvalue weighted by Crippen LogP contribution is -2.14. The van der Waals surface area contributed by atoms with Crippen molar-refractivity contribution in [2.45, 2.75) is 26.3 Å². The lowest BCUT2D eigenvalue weighted by molar-refractivity contribution is -0.115. The van der Waals surface area contributed by atoms with Crippen molar-refractivity contribution in [2.75, 3.05) is 17.2 Å². The number of aromatic nitrogens is 5. The van der Waals surface area contributed by atoms with Crippen LogP contribution in [0.25, 0.3) is 22.6 Å². The normalized spacial score (nSPS) is 10.7. The molecular formula is C22H20N8O3. The van der Waals surface area contributed by atoms with E-state index in [0.29, 0.717) is 47.2 Å². The number of hydrogen-bond donors (Lipinski definition) is 2. The maximum Gasteiger partial charge on any atom is 0.225 e. The highest BCUT2D eigenvalue weighted by Crippen LogP contribution is 2.28. The summed E-state index contributed by atoms with van der Waals surface area (Å²) in [5.74, 6) is 0.776. The Morgan fingerprint density at radius 1 is 1.18 bits per heavy atom. The predicted octanol–water partition coefficient (Wildman–Crippen LogP) is 3.04. The van der Waals surface area contributed by atoms with Crippen molar-refractivity contribution in [2.24, 2.45) is 0 Å². The molecule has 0 saturated heterocycles. The topological polar surface area (TPSA) is 152 Å². The number of pyridine rings is 1. The molecule has 4 aromatic rings. The molecule has 33 heavy (non-hydrogen) atoms. The van der Waals surface area contributed by atoms with Gasteiger partial charge in [0.05, 0.1) is 30.1 Å². The number of nitrogens with zero attached hydrogens (tertiary/aromatic N) is 6. The summed E-state index contributed by atoms with van der Waals surface area (Å²) >= 11 is 0. The standard InChI is InChI=1S/C22H20N8O3/c1-2-19(32)27-18-9-8-14(12-25-18)17(31)13-30-16-7-4-3-6-15(16)26-22(30)20-21(29-33-28-20)24-11-5-10-23/h3-4,6-9,12H,2,5,11,13H2,1H3,(H,24,29)(H,25,27,32). The summed E-state index contributed by atoms with van der Waals surface area (Å²) in [7, 11) is 0. The molecule has 3 aromatic heterocycles. The molecule has 0 bridgehead atoms. The van der Waals surface area contributed by atoms with E-state index in [1.165, 1.54) is 6.20 Å². The number of anilines is 2. The third kappa shape index (κ3) is 4.69. The van der Waals surface area contributed by atoms with Crippen LogP contribution >= 0.6 is 0 Å². The molecule has 2 N–H and O–H groups in total. The second kappa shape index (κ2) is 9.69. The van der Waals surface area contributed by atoms with Gasteiger partial charge in [0.15, 0.2) is 17.3 Å². The first kappa shape index (κ1) is 21.6. The lowest BCUT2D eigenvalue weighted by Gasteiger charge is -2.09. The van der Waals surface area contributed by atoms with E-state index in [4.69, 9.17) is 9.89 Å². The Hall–Kier alpha value is -4.59. The van der Waals surface area contributed by atoms with Gasteiger partial charge in [0.25, 0.3) is 0 Å². The number of hydrogen-bond acceptors (Lipinski definition) is 9. The summed E-state index contributed by atoms with van der Waals surface area (Å²) in [6.45, 7) is 2.08. The Bertz CT molecular complexity index is 1330. The Kier molecular flexibility index (Phi) is 6.36. The predicted molar refractivity (Wildman–Crippen MR) is 119 cm³/mol. The van der Waals surface area contributed by atoms with Crippen LogP contribution in [0.15, 0.2) is 47.2 Å². The highest BCUT2D eigenvalue weighted by atomic mass is 16.6. The summed E-state index contributed by atoms with van der Waals surface area (Å²) in [5, 5.41) is 22.3. The highest BCUT2D eigenvalue weighted by Gasteiger charge is 2.22. The Balaban J connectivity index is 1.64. The van der Waals surface area contributed by atoms with Gasteiger partial charge in [-0.2, -0.15) is 5.26 Å². The van der Waals surface area contributed by atoms with Crippen molar-refractivity contribution in [3.63, 3.8) is 0 Å². The van der Waals surface area contributed by atoms with E-state index in [1.54, 1.807) is 23.6 Å². The minimum Gasteiger partial charge on any atom is -0.364 e. The van der Waals surface area contributed by atoms with Crippen LogP contribution in [0.1, 0.15) is 30.1 Å². The average Bonchev–Trinajstić information content (AvgIpc) is 3.44. The fourth-order valence-electron chi connectivity index (χ4n) is 3.20. The summed E-state index contributed by atoms with van der Waals surface area (Å²) in [4.78, 5) is 33.4. The number of imidazole rings is 1. The Morgan fingerprint density at radius 2 is 2.03 bits per heavy atom. The van der Waals surface area contributed by atoms with E-state index in [0.717, 1.165) is 5.52 Å². The van der Waals surface area contributed by atoms with E-state index in [-0.39, 0.29) is 24.7 Å². The van der Waals surface area contributed by atoms with Crippen LogP contribution in [0.4, 0.5) is 11.6 Å². The fourth-order valence-corrected chi connectivity index (χ4v) is 3.20. The second-order valence-corrected chi connectivity index (χ2v) is 7.06. The number of fused-ring (bicyclic) bond motifs is 1. The third-order valence-electron chi connectivity index (χ3n) is 4.86. The van der Waals surface area contributed by atoms with Gasteiger partial charge in [0.2, 0.25) is 11.7 Å². The number of para-hydroxylation sites is 2. The van der Waals surface area contributed by atoms with Gasteiger partial charge in [-0.3, -0.25) is 9.59 Å². The molecule has 166 valence electrons. The molecular weight excluding hydrogens is 424 g/mol. The molecule has 1 amide bonds. The molecule has 0 spiro atoms. The quantitative estimate of drug-likeness (QED) is 0.293. The summed E-state index contributed by atoms with van der Waals surface area (Å²) in [6.07, 6.45) is 2.05. The first-order valence-electron chi connectivity index (χ1n) is 10.3. The van der Waals surface area contributed by atoms with Crippen LogP contribution in [-0.2, 0) is 11.3 Å².